The third-order valence-electron chi connectivity index (χ3n) is 3.96. The maximum Gasteiger partial charge on any atom is 0.195 e. The van der Waals surface area contributed by atoms with E-state index >= 15 is 0 Å². The Balaban J connectivity index is 2.20. The van der Waals surface area contributed by atoms with Crippen LogP contribution in [0.15, 0.2) is 59.5 Å². The van der Waals surface area contributed by atoms with Gasteiger partial charge in [-0.25, -0.2) is 8.42 Å². The fraction of sp³-hybridized carbons (Fsp3) is 0.167. The second-order valence-corrected chi connectivity index (χ2v) is 7.57. The van der Waals surface area contributed by atoms with Gasteiger partial charge in [-0.1, -0.05) is 30.3 Å². The van der Waals surface area contributed by atoms with Crippen LogP contribution >= 0.6 is 0 Å². The molecule has 3 rings (SSSR count). The number of ketones is 1. The SMILES string of the molecule is C#CCC1(S(=O)(=O)c2ccccc2)COc2ccccc2C1=O. The first-order valence-corrected chi connectivity index (χ1v) is 8.51. The smallest absolute Gasteiger partial charge is 0.195 e. The van der Waals surface area contributed by atoms with Gasteiger partial charge in [-0.15, -0.1) is 12.3 Å². The lowest BCUT2D eigenvalue weighted by atomic mass is 9.92. The molecule has 1 heterocycles. The van der Waals surface area contributed by atoms with E-state index < -0.39 is 20.4 Å². The van der Waals surface area contributed by atoms with E-state index in [0.717, 1.165) is 0 Å². The molecule has 0 fully saturated rings. The van der Waals surface area contributed by atoms with Gasteiger partial charge in [-0.05, 0) is 24.3 Å². The van der Waals surface area contributed by atoms with Gasteiger partial charge in [0.1, 0.15) is 12.4 Å². The van der Waals surface area contributed by atoms with E-state index in [-0.39, 0.29) is 23.5 Å². The third-order valence-corrected chi connectivity index (χ3v) is 6.33. The Labute approximate surface area is 135 Å². The van der Waals surface area contributed by atoms with Crippen LogP contribution < -0.4 is 4.74 Å². The van der Waals surface area contributed by atoms with Crippen molar-refractivity contribution in [2.24, 2.45) is 0 Å². The first-order chi connectivity index (χ1) is 11.0. The van der Waals surface area contributed by atoms with Crippen molar-refractivity contribution in [3.8, 4) is 18.1 Å². The van der Waals surface area contributed by atoms with Crippen LogP contribution in [0, 0.1) is 12.3 Å². The van der Waals surface area contributed by atoms with Crippen molar-refractivity contribution in [2.75, 3.05) is 6.61 Å². The minimum atomic E-state index is -3.99. The molecule has 2 aromatic carbocycles. The quantitative estimate of drug-likeness (QED) is 0.813. The van der Waals surface area contributed by atoms with Crippen LogP contribution in [0.1, 0.15) is 16.8 Å². The predicted octanol–water partition coefficient (Wildman–Crippen LogP) is 2.50. The van der Waals surface area contributed by atoms with E-state index in [1.54, 1.807) is 42.5 Å². The number of terminal acetylenes is 1. The Bertz CT molecular complexity index is 894. The average Bonchev–Trinajstić information content (AvgIpc) is 2.58. The lowest BCUT2D eigenvalue weighted by molar-refractivity contribution is 0.0864. The summed E-state index contributed by atoms with van der Waals surface area (Å²) >= 11 is 0. The van der Waals surface area contributed by atoms with E-state index in [2.05, 4.69) is 5.92 Å². The Morgan fingerprint density at radius 1 is 1.09 bits per heavy atom. The van der Waals surface area contributed by atoms with Gasteiger partial charge in [0.2, 0.25) is 0 Å². The van der Waals surface area contributed by atoms with Gasteiger partial charge in [0.05, 0.1) is 10.5 Å². The highest BCUT2D eigenvalue weighted by molar-refractivity contribution is 7.93. The number of hydrogen-bond donors (Lipinski definition) is 0. The van der Waals surface area contributed by atoms with Crippen molar-refractivity contribution in [3.63, 3.8) is 0 Å². The second kappa shape index (κ2) is 5.56. The zero-order valence-corrected chi connectivity index (χ0v) is 13.0. The molecular weight excluding hydrogens is 312 g/mol. The maximum atomic E-state index is 13.1. The number of ether oxygens (including phenoxy) is 1. The van der Waals surface area contributed by atoms with Crippen molar-refractivity contribution in [2.45, 2.75) is 16.1 Å². The lowest BCUT2D eigenvalue weighted by Crippen LogP contribution is -2.53. The largest absolute Gasteiger partial charge is 0.491 e. The molecule has 5 heteroatoms. The van der Waals surface area contributed by atoms with E-state index in [1.165, 1.54) is 12.1 Å². The van der Waals surface area contributed by atoms with Gasteiger partial charge in [0.15, 0.2) is 20.4 Å². The Kier molecular flexibility index (Phi) is 3.70. The molecule has 0 saturated carbocycles. The molecule has 2 aromatic rings. The molecule has 23 heavy (non-hydrogen) atoms. The summed E-state index contributed by atoms with van der Waals surface area (Å²) in [6, 6.07) is 14.4. The topological polar surface area (TPSA) is 60.4 Å². The number of Topliss-reactive ketones (excluding diaryl/α,β-unsaturated/α-hetero) is 1. The van der Waals surface area contributed by atoms with Crippen LogP contribution in [0.2, 0.25) is 0 Å². The minimum Gasteiger partial charge on any atom is -0.491 e. The molecule has 0 amide bonds. The number of sulfone groups is 1. The number of para-hydroxylation sites is 1. The number of hydrogen-bond acceptors (Lipinski definition) is 4. The summed E-state index contributed by atoms with van der Waals surface area (Å²) in [5, 5.41) is 0. The summed E-state index contributed by atoms with van der Waals surface area (Å²) in [7, 11) is -3.99. The van der Waals surface area contributed by atoms with Crippen LogP contribution in [-0.2, 0) is 9.84 Å². The number of benzene rings is 2. The molecule has 0 radical (unpaired) electrons. The van der Waals surface area contributed by atoms with Crippen LogP contribution in [0.3, 0.4) is 0 Å². The minimum absolute atomic E-state index is 0.0616. The molecule has 1 aliphatic heterocycles. The second-order valence-electron chi connectivity index (χ2n) is 5.31. The molecular formula is C18H14O4S. The first kappa shape index (κ1) is 15.3. The normalized spacial score (nSPS) is 20.2. The van der Waals surface area contributed by atoms with Gasteiger partial charge in [0.25, 0.3) is 0 Å². The fourth-order valence-corrected chi connectivity index (χ4v) is 4.51. The van der Waals surface area contributed by atoms with Crippen LogP contribution in [0.25, 0.3) is 0 Å². The van der Waals surface area contributed by atoms with Crippen molar-refractivity contribution in [1.29, 1.82) is 0 Å². The monoisotopic (exact) mass is 326 g/mol. The fourth-order valence-electron chi connectivity index (χ4n) is 2.70. The molecule has 0 aliphatic carbocycles. The van der Waals surface area contributed by atoms with Gasteiger partial charge in [0, 0.05) is 6.42 Å². The number of fused-ring (bicyclic) bond motifs is 1. The van der Waals surface area contributed by atoms with E-state index in [4.69, 9.17) is 11.2 Å². The predicted molar refractivity (Wildman–Crippen MR) is 86.1 cm³/mol. The van der Waals surface area contributed by atoms with Crippen molar-refractivity contribution in [3.05, 3.63) is 60.2 Å². The highest BCUT2D eigenvalue weighted by Gasteiger charge is 2.54. The number of carbonyl (C=O) groups is 1. The Morgan fingerprint density at radius 3 is 2.43 bits per heavy atom. The molecule has 4 nitrogen and oxygen atoms in total. The maximum absolute atomic E-state index is 13.1. The zero-order chi connectivity index (χ0) is 16.5. The molecule has 0 saturated heterocycles. The van der Waals surface area contributed by atoms with Crippen LogP contribution in [0.5, 0.6) is 5.75 Å². The zero-order valence-electron chi connectivity index (χ0n) is 12.2. The average molecular weight is 326 g/mol. The summed E-state index contributed by atoms with van der Waals surface area (Å²) in [6.07, 6.45) is 5.14. The molecule has 1 atom stereocenters. The number of rotatable bonds is 3. The van der Waals surface area contributed by atoms with Gasteiger partial charge < -0.3 is 4.74 Å². The van der Waals surface area contributed by atoms with Gasteiger partial charge in [-0.3, -0.25) is 4.79 Å². The highest BCUT2D eigenvalue weighted by atomic mass is 32.2. The molecule has 0 N–H and O–H groups in total. The standard InChI is InChI=1S/C18H14O4S/c1-2-12-18(23(20,21)14-8-4-3-5-9-14)13-22-16-11-7-6-10-15(16)17(18)19/h1,3-11H,12-13H2. The van der Waals surface area contributed by atoms with Crippen molar-refractivity contribution >= 4 is 15.6 Å². The molecule has 0 spiro atoms. The van der Waals surface area contributed by atoms with Crippen molar-refractivity contribution < 1.29 is 17.9 Å². The molecule has 0 bridgehead atoms. The van der Waals surface area contributed by atoms with Crippen LogP contribution in [-0.4, -0.2) is 25.6 Å². The summed E-state index contributed by atoms with van der Waals surface area (Å²) in [4.78, 5) is 13.1. The summed E-state index contributed by atoms with van der Waals surface area (Å²) in [5.41, 5.74) is 0.244. The summed E-state index contributed by atoms with van der Waals surface area (Å²) in [6.45, 7) is -0.287. The lowest BCUT2D eigenvalue weighted by Gasteiger charge is -2.34. The van der Waals surface area contributed by atoms with E-state index in [1.807, 2.05) is 0 Å². The molecule has 1 aliphatic rings. The third kappa shape index (κ3) is 2.23. The Hall–Kier alpha value is -2.58. The molecule has 0 aromatic heterocycles. The van der Waals surface area contributed by atoms with Gasteiger partial charge in [-0.2, -0.15) is 0 Å². The summed E-state index contributed by atoms with van der Waals surface area (Å²) in [5.74, 6) is 2.21. The summed E-state index contributed by atoms with van der Waals surface area (Å²) < 4.78 is 30.0. The van der Waals surface area contributed by atoms with Crippen LogP contribution in [0.4, 0.5) is 0 Å². The highest BCUT2D eigenvalue weighted by Crippen LogP contribution is 2.39. The first-order valence-electron chi connectivity index (χ1n) is 7.03. The van der Waals surface area contributed by atoms with E-state index in [9.17, 15) is 13.2 Å². The molecule has 116 valence electrons. The van der Waals surface area contributed by atoms with Gasteiger partial charge >= 0.3 is 0 Å². The Morgan fingerprint density at radius 2 is 1.74 bits per heavy atom. The van der Waals surface area contributed by atoms with Crippen molar-refractivity contribution in [1.82, 2.24) is 0 Å². The number of carbonyl (C=O) groups excluding carboxylic acids is 1. The molecule has 1 unspecified atom stereocenters. The van der Waals surface area contributed by atoms with E-state index in [0.29, 0.717) is 5.75 Å².